The molecule has 1 saturated carbocycles. The summed E-state index contributed by atoms with van der Waals surface area (Å²) in [4.78, 5) is 23.7. The van der Waals surface area contributed by atoms with Gasteiger partial charge in [0.05, 0.1) is 11.5 Å². The van der Waals surface area contributed by atoms with Crippen LogP contribution in [0, 0.1) is 18.8 Å². The SMILES string of the molecule is Cc1ccc(O)c(C(=O)[C@H]2CCCC[C@H]2C(=O)O)c1. The lowest BCUT2D eigenvalue weighted by atomic mass is 9.75. The molecule has 1 aromatic carbocycles. The van der Waals surface area contributed by atoms with E-state index in [1.165, 1.54) is 6.07 Å². The van der Waals surface area contributed by atoms with E-state index in [4.69, 9.17) is 0 Å². The van der Waals surface area contributed by atoms with Gasteiger partial charge in [0.2, 0.25) is 0 Å². The molecule has 0 radical (unpaired) electrons. The number of aromatic hydroxyl groups is 1. The summed E-state index contributed by atoms with van der Waals surface area (Å²) in [5.41, 5.74) is 1.13. The Morgan fingerprint density at radius 2 is 1.79 bits per heavy atom. The molecule has 1 aliphatic rings. The van der Waals surface area contributed by atoms with Crippen molar-refractivity contribution < 1.29 is 19.8 Å². The van der Waals surface area contributed by atoms with E-state index in [1.54, 1.807) is 12.1 Å². The molecule has 2 rings (SSSR count). The Hall–Kier alpha value is -1.84. The van der Waals surface area contributed by atoms with Crippen LogP contribution < -0.4 is 0 Å². The maximum absolute atomic E-state index is 12.5. The molecule has 1 aliphatic carbocycles. The first-order valence-corrected chi connectivity index (χ1v) is 6.57. The molecule has 0 aliphatic heterocycles. The monoisotopic (exact) mass is 262 g/mol. The predicted molar refractivity (Wildman–Crippen MR) is 70.3 cm³/mol. The highest BCUT2D eigenvalue weighted by atomic mass is 16.4. The van der Waals surface area contributed by atoms with Crippen molar-refractivity contribution in [3.05, 3.63) is 29.3 Å². The number of benzene rings is 1. The van der Waals surface area contributed by atoms with Crippen LogP contribution in [0.3, 0.4) is 0 Å². The van der Waals surface area contributed by atoms with E-state index in [-0.39, 0.29) is 17.1 Å². The van der Waals surface area contributed by atoms with Crippen LogP contribution >= 0.6 is 0 Å². The highest BCUT2D eigenvalue weighted by Gasteiger charge is 2.36. The van der Waals surface area contributed by atoms with Crippen molar-refractivity contribution in [3.63, 3.8) is 0 Å². The Labute approximate surface area is 112 Å². The number of aryl methyl sites for hydroxylation is 1. The molecule has 4 heteroatoms. The Kier molecular flexibility index (Phi) is 3.88. The summed E-state index contributed by atoms with van der Waals surface area (Å²) in [7, 11) is 0. The summed E-state index contributed by atoms with van der Waals surface area (Å²) in [6, 6.07) is 4.84. The van der Waals surface area contributed by atoms with E-state index >= 15 is 0 Å². The predicted octanol–water partition coefficient (Wildman–Crippen LogP) is 2.77. The van der Waals surface area contributed by atoms with Crippen LogP contribution in [0.2, 0.25) is 0 Å². The maximum Gasteiger partial charge on any atom is 0.307 e. The summed E-state index contributed by atoms with van der Waals surface area (Å²) in [6.07, 6.45) is 2.84. The van der Waals surface area contributed by atoms with E-state index in [2.05, 4.69) is 0 Å². The summed E-state index contributed by atoms with van der Waals surface area (Å²) >= 11 is 0. The number of hydrogen-bond donors (Lipinski definition) is 2. The van der Waals surface area contributed by atoms with Gasteiger partial charge >= 0.3 is 5.97 Å². The number of ketones is 1. The second-order valence-corrected chi connectivity index (χ2v) is 5.22. The van der Waals surface area contributed by atoms with E-state index in [9.17, 15) is 19.8 Å². The third kappa shape index (κ3) is 2.78. The minimum Gasteiger partial charge on any atom is -0.507 e. The van der Waals surface area contributed by atoms with Crippen LogP contribution in [0.1, 0.15) is 41.6 Å². The molecule has 2 atom stereocenters. The fraction of sp³-hybridized carbons (Fsp3) is 0.467. The number of carboxylic acids is 1. The van der Waals surface area contributed by atoms with Gasteiger partial charge in [-0.15, -0.1) is 0 Å². The fourth-order valence-corrected chi connectivity index (χ4v) is 2.79. The molecule has 1 fully saturated rings. The number of carboxylic acid groups (broad SMARTS) is 1. The lowest BCUT2D eigenvalue weighted by Gasteiger charge is -2.27. The van der Waals surface area contributed by atoms with Crippen molar-refractivity contribution in [1.29, 1.82) is 0 Å². The number of aliphatic carboxylic acids is 1. The summed E-state index contributed by atoms with van der Waals surface area (Å²) in [6.45, 7) is 1.84. The van der Waals surface area contributed by atoms with Gasteiger partial charge < -0.3 is 10.2 Å². The molecule has 1 aromatic rings. The number of carbonyl (C=O) groups excluding carboxylic acids is 1. The van der Waals surface area contributed by atoms with Gasteiger partial charge in [-0.05, 0) is 31.9 Å². The molecular weight excluding hydrogens is 244 g/mol. The van der Waals surface area contributed by atoms with Gasteiger partial charge in [0.15, 0.2) is 5.78 Å². The Morgan fingerprint density at radius 3 is 2.42 bits per heavy atom. The minimum atomic E-state index is -0.912. The van der Waals surface area contributed by atoms with Gasteiger partial charge in [0.25, 0.3) is 0 Å². The molecule has 0 heterocycles. The van der Waals surface area contributed by atoms with Crippen LogP contribution in [0.4, 0.5) is 0 Å². The summed E-state index contributed by atoms with van der Waals surface area (Å²) in [5, 5.41) is 19.0. The Morgan fingerprint density at radius 1 is 1.16 bits per heavy atom. The molecule has 0 amide bonds. The average molecular weight is 262 g/mol. The second-order valence-electron chi connectivity index (χ2n) is 5.22. The molecule has 102 valence electrons. The zero-order chi connectivity index (χ0) is 14.0. The summed E-state index contributed by atoms with van der Waals surface area (Å²) in [5.74, 6) is -2.36. The molecule has 0 unspecified atom stereocenters. The molecule has 2 N–H and O–H groups in total. The van der Waals surface area contributed by atoms with Gasteiger partial charge in [0.1, 0.15) is 5.75 Å². The molecule has 0 aromatic heterocycles. The average Bonchev–Trinajstić information content (AvgIpc) is 2.40. The quantitative estimate of drug-likeness (QED) is 0.821. The topological polar surface area (TPSA) is 74.6 Å². The molecule has 0 spiro atoms. The Balaban J connectivity index is 2.31. The maximum atomic E-state index is 12.5. The van der Waals surface area contributed by atoms with E-state index in [0.717, 1.165) is 18.4 Å². The smallest absolute Gasteiger partial charge is 0.307 e. The summed E-state index contributed by atoms with van der Waals surface area (Å²) < 4.78 is 0. The third-order valence-corrected chi connectivity index (χ3v) is 3.84. The minimum absolute atomic E-state index is 0.0645. The normalized spacial score (nSPS) is 23.0. The van der Waals surface area contributed by atoms with Crippen LogP contribution in [0.5, 0.6) is 5.75 Å². The lowest BCUT2D eigenvalue weighted by Crippen LogP contribution is -2.32. The van der Waals surface area contributed by atoms with Gasteiger partial charge in [-0.1, -0.05) is 24.5 Å². The molecule has 0 saturated heterocycles. The van der Waals surface area contributed by atoms with Crippen molar-refractivity contribution in [1.82, 2.24) is 0 Å². The van der Waals surface area contributed by atoms with Gasteiger partial charge in [-0.2, -0.15) is 0 Å². The standard InChI is InChI=1S/C15H18O4/c1-9-6-7-13(16)12(8-9)14(17)10-4-2-3-5-11(10)15(18)19/h6-8,10-11,16H,2-5H2,1H3,(H,18,19)/t10-,11+/m0/s1. The van der Waals surface area contributed by atoms with Crippen molar-refractivity contribution in [3.8, 4) is 5.75 Å². The van der Waals surface area contributed by atoms with Gasteiger partial charge in [-0.3, -0.25) is 9.59 Å². The van der Waals surface area contributed by atoms with E-state index < -0.39 is 17.8 Å². The van der Waals surface area contributed by atoms with E-state index in [0.29, 0.717) is 12.8 Å². The van der Waals surface area contributed by atoms with Crippen molar-refractivity contribution in [2.24, 2.45) is 11.8 Å². The number of Topliss-reactive ketones (excluding diaryl/α,β-unsaturated/α-hetero) is 1. The van der Waals surface area contributed by atoms with Crippen molar-refractivity contribution in [2.75, 3.05) is 0 Å². The molecular formula is C15H18O4. The number of rotatable bonds is 3. The molecule has 4 nitrogen and oxygen atoms in total. The Bertz CT molecular complexity index is 507. The lowest BCUT2D eigenvalue weighted by molar-refractivity contribution is -0.144. The number of carbonyl (C=O) groups is 2. The molecule has 19 heavy (non-hydrogen) atoms. The first kappa shape index (κ1) is 13.6. The fourth-order valence-electron chi connectivity index (χ4n) is 2.79. The van der Waals surface area contributed by atoms with Crippen LogP contribution in [0.15, 0.2) is 18.2 Å². The third-order valence-electron chi connectivity index (χ3n) is 3.84. The first-order valence-electron chi connectivity index (χ1n) is 6.57. The largest absolute Gasteiger partial charge is 0.507 e. The van der Waals surface area contributed by atoms with Crippen molar-refractivity contribution in [2.45, 2.75) is 32.6 Å². The second kappa shape index (κ2) is 5.43. The zero-order valence-corrected chi connectivity index (χ0v) is 10.9. The molecule has 0 bridgehead atoms. The highest BCUT2D eigenvalue weighted by molar-refractivity contribution is 6.02. The van der Waals surface area contributed by atoms with Crippen molar-refractivity contribution >= 4 is 11.8 Å². The van der Waals surface area contributed by atoms with Crippen LogP contribution in [0.25, 0.3) is 0 Å². The number of phenolic OH excluding ortho intramolecular Hbond substituents is 1. The zero-order valence-electron chi connectivity index (χ0n) is 10.9. The van der Waals surface area contributed by atoms with E-state index in [1.807, 2.05) is 6.92 Å². The van der Waals surface area contributed by atoms with Gasteiger partial charge in [0, 0.05) is 5.92 Å². The number of hydrogen-bond acceptors (Lipinski definition) is 3. The van der Waals surface area contributed by atoms with Crippen LogP contribution in [-0.2, 0) is 4.79 Å². The van der Waals surface area contributed by atoms with Crippen LogP contribution in [-0.4, -0.2) is 22.0 Å². The highest BCUT2D eigenvalue weighted by Crippen LogP contribution is 2.34. The van der Waals surface area contributed by atoms with Gasteiger partial charge in [-0.25, -0.2) is 0 Å². The first-order chi connectivity index (χ1) is 9.00. The number of phenols is 1.